The van der Waals surface area contributed by atoms with E-state index in [1.165, 1.54) is 0 Å². The molecule has 4 heteroatoms. The van der Waals surface area contributed by atoms with Gasteiger partial charge in [0.25, 0.3) is 0 Å². The van der Waals surface area contributed by atoms with Gasteiger partial charge in [0, 0.05) is 19.5 Å². The smallest absolute Gasteiger partial charge is 0.222 e. The topological polar surface area (TPSA) is 60.8 Å². The number of carbonyl (C=O) groups is 1. The first-order valence-corrected chi connectivity index (χ1v) is 4.72. The first-order chi connectivity index (χ1) is 6.15. The van der Waals surface area contributed by atoms with E-state index in [1.807, 2.05) is 13.8 Å². The van der Waals surface area contributed by atoms with E-state index in [4.69, 9.17) is 10.2 Å². The zero-order chi connectivity index (χ0) is 10.3. The molecule has 1 unspecified atom stereocenters. The van der Waals surface area contributed by atoms with Gasteiger partial charge in [-0.25, -0.2) is 0 Å². The van der Waals surface area contributed by atoms with E-state index in [-0.39, 0.29) is 19.1 Å². The second kappa shape index (κ2) is 6.86. The summed E-state index contributed by atoms with van der Waals surface area (Å²) in [6.45, 7) is 4.31. The summed E-state index contributed by atoms with van der Waals surface area (Å²) in [5.74, 6) is 0.0394. The van der Waals surface area contributed by atoms with Crippen LogP contribution in [0.25, 0.3) is 0 Å². The van der Waals surface area contributed by atoms with Crippen molar-refractivity contribution < 1.29 is 15.0 Å². The van der Waals surface area contributed by atoms with Gasteiger partial charge in [-0.15, -0.1) is 0 Å². The van der Waals surface area contributed by atoms with E-state index in [9.17, 15) is 4.79 Å². The van der Waals surface area contributed by atoms with Crippen molar-refractivity contribution in [1.82, 2.24) is 4.90 Å². The highest BCUT2D eigenvalue weighted by molar-refractivity contribution is 5.76. The Morgan fingerprint density at radius 2 is 2.08 bits per heavy atom. The van der Waals surface area contributed by atoms with E-state index >= 15 is 0 Å². The minimum Gasteiger partial charge on any atom is -0.394 e. The average Bonchev–Trinajstić information content (AvgIpc) is 2.14. The second-order valence-electron chi connectivity index (χ2n) is 3.02. The van der Waals surface area contributed by atoms with Crippen LogP contribution in [0.3, 0.4) is 0 Å². The summed E-state index contributed by atoms with van der Waals surface area (Å²) in [7, 11) is 0. The molecule has 0 bridgehead atoms. The van der Waals surface area contributed by atoms with Gasteiger partial charge in [0.1, 0.15) is 0 Å². The molecule has 1 atom stereocenters. The standard InChI is InChI=1S/C9H19NO3/c1-3-5-9(13)10(4-2)6-8(12)7-11/h8,11-12H,3-7H2,1-2H3. The normalized spacial score (nSPS) is 12.6. The quantitative estimate of drug-likeness (QED) is 0.617. The van der Waals surface area contributed by atoms with Crippen LogP contribution in [-0.2, 0) is 4.79 Å². The van der Waals surface area contributed by atoms with Gasteiger partial charge in [0.15, 0.2) is 0 Å². The minimum atomic E-state index is -0.819. The molecule has 13 heavy (non-hydrogen) atoms. The molecule has 0 aromatic heterocycles. The summed E-state index contributed by atoms with van der Waals surface area (Å²) >= 11 is 0. The van der Waals surface area contributed by atoms with Gasteiger partial charge in [-0.2, -0.15) is 0 Å². The van der Waals surface area contributed by atoms with Crippen LogP contribution in [0.1, 0.15) is 26.7 Å². The second-order valence-corrected chi connectivity index (χ2v) is 3.02. The molecule has 0 spiro atoms. The van der Waals surface area contributed by atoms with E-state index < -0.39 is 6.10 Å². The number of hydrogen-bond acceptors (Lipinski definition) is 3. The molecular weight excluding hydrogens is 170 g/mol. The third-order valence-electron chi connectivity index (χ3n) is 1.84. The molecule has 2 N–H and O–H groups in total. The number of amides is 1. The number of nitrogens with zero attached hydrogens (tertiary/aromatic N) is 1. The maximum atomic E-state index is 11.4. The Morgan fingerprint density at radius 1 is 1.46 bits per heavy atom. The molecule has 0 fully saturated rings. The number of likely N-dealkylation sites (N-methyl/N-ethyl adjacent to an activating group) is 1. The van der Waals surface area contributed by atoms with Crippen LogP contribution in [0, 0.1) is 0 Å². The number of aliphatic hydroxyl groups excluding tert-OH is 2. The summed E-state index contributed by atoms with van der Waals surface area (Å²) in [6, 6.07) is 0. The predicted molar refractivity (Wildman–Crippen MR) is 50.3 cm³/mol. The third-order valence-corrected chi connectivity index (χ3v) is 1.84. The van der Waals surface area contributed by atoms with Gasteiger partial charge in [0.2, 0.25) is 5.91 Å². The highest BCUT2D eigenvalue weighted by Crippen LogP contribution is 1.99. The van der Waals surface area contributed by atoms with Gasteiger partial charge in [0.05, 0.1) is 12.7 Å². The molecule has 0 aromatic carbocycles. The zero-order valence-electron chi connectivity index (χ0n) is 8.36. The predicted octanol–water partition coefficient (Wildman–Crippen LogP) is -0.0118. The molecule has 0 saturated heterocycles. The summed E-state index contributed by atoms with van der Waals surface area (Å²) in [5.41, 5.74) is 0. The molecule has 4 nitrogen and oxygen atoms in total. The molecule has 0 radical (unpaired) electrons. The highest BCUT2D eigenvalue weighted by Gasteiger charge is 2.13. The Kier molecular flexibility index (Phi) is 6.54. The zero-order valence-corrected chi connectivity index (χ0v) is 8.36. The fourth-order valence-corrected chi connectivity index (χ4v) is 1.09. The molecular formula is C9H19NO3. The van der Waals surface area contributed by atoms with E-state index in [0.29, 0.717) is 13.0 Å². The van der Waals surface area contributed by atoms with Crippen LogP contribution in [0.4, 0.5) is 0 Å². The van der Waals surface area contributed by atoms with Gasteiger partial charge >= 0.3 is 0 Å². The van der Waals surface area contributed by atoms with Gasteiger partial charge in [-0.3, -0.25) is 4.79 Å². The molecule has 0 aliphatic rings. The number of carbonyl (C=O) groups excluding carboxylic acids is 1. The van der Waals surface area contributed by atoms with Crippen molar-refractivity contribution in [2.24, 2.45) is 0 Å². The van der Waals surface area contributed by atoms with Crippen molar-refractivity contribution in [2.75, 3.05) is 19.7 Å². The maximum absolute atomic E-state index is 11.4. The Morgan fingerprint density at radius 3 is 2.46 bits per heavy atom. The number of hydrogen-bond donors (Lipinski definition) is 2. The molecule has 78 valence electrons. The lowest BCUT2D eigenvalue weighted by molar-refractivity contribution is -0.132. The first-order valence-electron chi connectivity index (χ1n) is 4.72. The largest absolute Gasteiger partial charge is 0.394 e. The van der Waals surface area contributed by atoms with Gasteiger partial charge in [-0.1, -0.05) is 6.92 Å². The molecule has 0 rings (SSSR count). The Balaban J connectivity index is 3.94. The lowest BCUT2D eigenvalue weighted by Gasteiger charge is -2.22. The van der Waals surface area contributed by atoms with Crippen LogP contribution in [0.2, 0.25) is 0 Å². The van der Waals surface area contributed by atoms with Crippen LogP contribution in [-0.4, -0.2) is 46.8 Å². The van der Waals surface area contributed by atoms with E-state index in [2.05, 4.69) is 0 Å². The Labute approximate surface area is 79.2 Å². The number of aliphatic hydroxyl groups is 2. The summed E-state index contributed by atoms with van der Waals surface area (Å²) in [5, 5.41) is 17.7. The van der Waals surface area contributed by atoms with Crippen molar-refractivity contribution in [3.05, 3.63) is 0 Å². The summed E-state index contributed by atoms with van der Waals surface area (Å²) < 4.78 is 0. The Bertz CT molecular complexity index is 150. The molecule has 0 aromatic rings. The molecule has 0 aliphatic heterocycles. The first kappa shape index (κ1) is 12.4. The van der Waals surface area contributed by atoms with Crippen LogP contribution in [0.15, 0.2) is 0 Å². The molecule has 1 amide bonds. The highest BCUT2D eigenvalue weighted by atomic mass is 16.3. The lowest BCUT2D eigenvalue weighted by atomic mass is 10.2. The van der Waals surface area contributed by atoms with E-state index in [1.54, 1.807) is 4.90 Å². The van der Waals surface area contributed by atoms with Crippen molar-refractivity contribution in [3.8, 4) is 0 Å². The van der Waals surface area contributed by atoms with Gasteiger partial charge in [-0.05, 0) is 13.3 Å². The maximum Gasteiger partial charge on any atom is 0.222 e. The van der Waals surface area contributed by atoms with Gasteiger partial charge < -0.3 is 15.1 Å². The number of rotatable bonds is 6. The van der Waals surface area contributed by atoms with Crippen molar-refractivity contribution >= 4 is 5.91 Å². The monoisotopic (exact) mass is 189 g/mol. The van der Waals surface area contributed by atoms with Crippen LogP contribution < -0.4 is 0 Å². The van der Waals surface area contributed by atoms with E-state index in [0.717, 1.165) is 6.42 Å². The fourth-order valence-electron chi connectivity index (χ4n) is 1.09. The lowest BCUT2D eigenvalue weighted by Crippen LogP contribution is -2.38. The van der Waals surface area contributed by atoms with Crippen molar-refractivity contribution in [2.45, 2.75) is 32.8 Å². The summed E-state index contributed by atoms with van der Waals surface area (Å²) in [4.78, 5) is 12.9. The third kappa shape index (κ3) is 4.85. The molecule has 0 saturated carbocycles. The fraction of sp³-hybridized carbons (Fsp3) is 0.889. The summed E-state index contributed by atoms with van der Waals surface area (Å²) in [6.07, 6.45) is 0.497. The molecule has 0 heterocycles. The average molecular weight is 189 g/mol. The van der Waals surface area contributed by atoms with Crippen molar-refractivity contribution in [3.63, 3.8) is 0 Å². The SMILES string of the molecule is CCCC(=O)N(CC)CC(O)CO. The minimum absolute atomic E-state index is 0.0394. The van der Waals surface area contributed by atoms with Crippen LogP contribution in [0.5, 0.6) is 0 Å². The van der Waals surface area contributed by atoms with Crippen LogP contribution >= 0.6 is 0 Å². The van der Waals surface area contributed by atoms with Crippen molar-refractivity contribution in [1.29, 1.82) is 0 Å². The Hall–Kier alpha value is -0.610. The molecule has 0 aliphatic carbocycles.